The summed E-state index contributed by atoms with van der Waals surface area (Å²) >= 11 is 18.4. The van der Waals surface area contributed by atoms with Gasteiger partial charge < -0.3 is 10.2 Å². The molecule has 2 aromatic carbocycles. The van der Waals surface area contributed by atoms with Crippen LogP contribution in [0.25, 0.3) is 0 Å². The number of rotatable bonds is 11. The van der Waals surface area contributed by atoms with Crippen molar-refractivity contribution < 1.29 is 18.0 Å². The number of hydrogen-bond donors (Lipinski definition) is 1. The second-order valence-corrected chi connectivity index (χ2v) is 12.2. The van der Waals surface area contributed by atoms with Crippen molar-refractivity contribution in [2.75, 3.05) is 23.7 Å². The van der Waals surface area contributed by atoms with E-state index in [1.807, 2.05) is 13.8 Å². The normalized spacial score (nSPS) is 12.4. The van der Waals surface area contributed by atoms with Crippen LogP contribution in [-0.2, 0) is 26.2 Å². The Hall–Kier alpha value is -2.00. The second kappa shape index (κ2) is 13.0. The standard InChI is InChI=1S/C25H32Cl3N3O4S/c1-6-23(25(33)29-13-16(2)3)30(14-18-8-10-20(26)22(28)11-18)24(32)15-31(36(5,34)35)19-9-7-17(4)21(27)12-19/h7-12,16,23H,6,13-15H2,1-5H3,(H,29,33)/t23-/m1/s1. The Labute approximate surface area is 228 Å². The highest BCUT2D eigenvalue weighted by molar-refractivity contribution is 7.92. The van der Waals surface area contributed by atoms with Crippen LogP contribution in [0.15, 0.2) is 36.4 Å². The first-order valence-electron chi connectivity index (χ1n) is 11.5. The van der Waals surface area contributed by atoms with Crippen molar-refractivity contribution in [3.05, 3.63) is 62.6 Å². The molecule has 11 heteroatoms. The van der Waals surface area contributed by atoms with Crippen LogP contribution in [0.3, 0.4) is 0 Å². The van der Waals surface area contributed by atoms with Crippen LogP contribution in [0.2, 0.25) is 15.1 Å². The molecule has 7 nitrogen and oxygen atoms in total. The van der Waals surface area contributed by atoms with Gasteiger partial charge in [-0.25, -0.2) is 8.42 Å². The average Bonchev–Trinajstić information content (AvgIpc) is 2.79. The van der Waals surface area contributed by atoms with Gasteiger partial charge in [0.1, 0.15) is 12.6 Å². The Kier molecular flexibility index (Phi) is 10.9. The summed E-state index contributed by atoms with van der Waals surface area (Å²) in [6, 6.07) is 8.89. The summed E-state index contributed by atoms with van der Waals surface area (Å²) in [4.78, 5) is 28.1. The van der Waals surface area contributed by atoms with Crippen LogP contribution in [0.4, 0.5) is 5.69 Å². The van der Waals surface area contributed by atoms with Crippen molar-refractivity contribution in [3.63, 3.8) is 0 Å². The van der Waals surface area contributed by atoms with Crippen molar-refractivity contribution in [1.82, 2.24) is 10.2 Å². The van der Waals surface area contributed by atoms with Gasteiger partial charge in [-0.2, -0.15) is 0 Å². The number of halogens is 3. The van der Waals surface area contributed by atoms with Crippen molar-refractivity contribution in [2.24, 2.45) is 5.92 Å². The summed E-state index contributed by atoms with van der Waals surface area (Å²) in [5.41, 5.74) is 1.68. The molecule has 0 unspecified atom stereocenters. The van der Waals surface area contributed by atoms with Gasteiger partial charge in [0.15, 0.2) is 0 Å². The lowest BCUT2D eigenvalue weighted by Crippen LogP contribution is -2.52. The molecule has 0 saturated carbocycles. The highest BCUT2D eigenvalue weighted by atomic mass is 35.5. The number of benzene rings is 2. The number of nitrogens with one attached hydrogen (secondary N) is 1. The highest BCUT2D eigenvalue weighted by Gasteiger charge is 2.32. The van der Waals surface area contributed by atoms with Gasteiger partial charge in [0.2, 0.25) is 21.8 Å². The Morgan fingerprint density at radius 2 is 1.67 bits per heavy atom. The van der Waals surface area contributed by atoms with E-state index in [0.717, 1.165) is 16.1 Å². The topological polar surface area (TPSA) is 86.8 Å². The fraction of sp³-hybridized carbons (Fsp3) is 0.440. The number of hydrogen-bond acceptors (Lipinski definition) is 4. The summed E-state index contributed by atoms with van der Waals surface area (Å²) in [5.74, 6) is -0.642. The Morgan fingerprint density at radius 3 is 2.19 bits per heavy atom. The molecule has 0 radical (unpaired) electrons. The Bertz CT molecular complexity index is 1210. The van der Waals surface area contributed by atoms with Crippen LogP contribution in [0, 0.1) is 12.8 Å². The zero-order valence-electron chi connectivity index (χ0n) is 21.0. The zero-order valence-corrected chi connectivity index (χ0v) is 24.1. The third kappa shape index (κ3) is 8.26. The molecule has 0 aliphatic heterocycles. The van der Waals surface area contributed by atoms with Gasteiger partial charge in [-0.15, -0.1) is 0 Å². The van der Waals surface area contributed by atoms with E-state index < -0.39 is 28.5 Å². The lowest BCUT2D eigenvalue weighted by Gasteiger charge is -2.33. The van der Waals surface area contributed by atoms with E-state index in [2.05, 4.69) is 5.32 Å². The number of carbonyl (C=O) groups is 2. The summed E-state index contributed by atoms with van der Waals surface area (Å²) < 4.78 is 26.3. The van der Waals surface area contributed by atoms with Crippen LogP contribution < -0.4 is 9.62 Å². The molecule has 0 fully saturated rings. The molecule has 0 bridgehead atoms. The maximum Gasteiger partial charge on any atom is 0.244 e. The molecular weight excluding hydrogens is 545 g/mol. The van der Waals surface area contributed by atoms with Crippen LogP contribution in [0.1, 0.15) is 38.3 Å². The minimum absolute atomic E-state index is 0.0373. The molecule has 198 valence electrons. The largest absolute Gasteiger partial charge is 0.354 e. The van der Waals surface area contributed by atoms with Gasteiger partial charge in [0.05, 0.1) is 22.0 Å². The first kappa shape index (κ1) is 30.2. The van der Waals surface area contributed by atoms with E-state index in [1.54, 1.807) is 44.2 Å². The molecule has 0 aromatic heterocycles. The van der Waals surface area contributed by atoms with Crippen molar-refractivity contribution >= 4 is 62.3 Å². The number of amides is 2. The van der Waals surface area contributed by atoms with Gasteiger partial charge in [-0.1, -0.05) is 67.7 Å². The zero-order chi connectivity index (χ0) is 27.2. The van der Waals surface area contributed by atoms with Gasteiger partial charge in [-0.3, -0.25) is 13.9 Å². The van der Waals surface area contributed by atoms with Gasteiger partial charge in [0.25, 0.3) is 0 Å². The van der Waals surface area contributed by atoms with E-state index in [4.69, 9.17) is 34.8 Å². The maximum absolute atomic E-state index is 13.7. The summed E-state index contributed by atoms with van der Waals surface area (Å²) in [6.45, 7) is 7.50. The van der Waals surface area contributed by atoms with Crippen molar-refractivity contribution in [3.8, 4) is 0 Å². The van der Waals surface area contributed by atoms with E-state index >= 15 is 0 Å². The number of aryl methyl sites for hydroxylation is 1. The van der Waals surface area contributed by atoms with Gasteiger partial charge in [-0.05, 0) is 54.7 Å². The van der Waals surface area contributed by atoms with Crippen LogP contribution in [-0.4, -0.2) is 50.5 Å². The Balaban J connectivity index is 2.46. The minimum atomic E-state index is -3.85. The molecule has 2 amide bonds. The molecule has 2 aromatic rings. The summed E-state index contributed by atoms with van der Waals surface area (Å²) in [7, 11) is -3.85. The molecule has 0 spiro atoms. The van der Waals surface area contributed by atoms with Crippen LogP contribution in [0.5, 0.6) is 0 Å². The first-order chi connectivity index (χ1) is 16.7. The monoisotopic (exact) mass is 575 g/mol. The molecule has 36 heavy (non-hydrogen) atoms. The molecule has 0 aliphatic rings. The predicted molar refractivity (Wildman–Crippen MR) is 147 cm³/mol. The minimum Gasteiger partial charge on any atom is -0.354 e. The predicted octanol–water partition coefficient (Wildman–Crippen LogP) is 5.30. The molecule has 0 saturated heterocycles. The third-order valence-electron chi connectivity index (χ3n) is 5.53. The fourth-order valence-corrected chi connectivity index (χ4v) is 4.86. The molecule has 2 rings (SSSR count). The van der Waals surface area contributed by atoms with Crippen molar-refractivity contribution in [1.29, 1.82) is 0 Å². The van der Waals surface area contributed by atoms with E-state index in [-0.39, 0.29) is 24.1 Å². The third-order valence-corrected chi connectivity index (χ3v) is 7.82. The molecular formula is C25H32Cl3N3O4S. The number of anilines is 1. The number of sulfonamides is 1. The second-order valence-electron chi connectivity index (χ2n) is 9.04. The molecule has 0 aliphatic carbocycles. The maximum atomic E-state index is 13.7. The average molecular weight is 577 g/mol. The van der Waals surface area contributed by atoms with Crippen LogP contribution >= 0.6 is 34.8 Å². The number of nitrogens with zero attached hydrogens (tertiary/aromatic N) is 2. The quantitative estimate of drug-likeness (QED) is 0.393. The lowest BCUT2D eigenvalue weighted by atomic mass is 10.1. The molecule has 1 N–H and O–H groups in total. The van der Waals surface area contributed by atoms with E-state index in [1.165, 1.54) is 11.0 Å². The Morgan fingerprint density at radius 1 is 1.00 bits per heavy atom. The fourth-order valence-electron chi connectivity index (χ4n) is 3.53. The van der Waals surface area contributed by atoms with E-state index in [0.29, 0.717) is 33.6 Å². The summed E-state index contributed by atoms with van der Waals surface area (Å²) in [5, 5.41) is 3.92. The van der Waals surface area contributed by atoms with E-state index in [9.17, 15) is 18.0 Å². The SMILES string of the molecule is CC[C@H](C(=O)NCC(C)C)N(Cc1ccc(Cl)c(Cl)c1)C(=O)CN(c1ccc(C)c(Cl)c1)S(C)(=O)=O. The molecule has 0 heterocycles. The summed E-state index contributed by atoms with van der Waals surface area (Å²) in [6.07, 6.45) is 1.34. The lowest BCUT2D eigenvalue weighted by molar-refractivity contribution is -0.140. The smallest absolute Gasteiger partial charge is 0.244 e. The van der Waals surface area contributed by atoms with Gasteiger partial charge in [0, 0.05) is 18.1 Å². The highest BCUT2D eigenvalue weighted by Crippen LogP contribution is 2.27. The first-order valence-corrected chi connectivity index (χ1v) is 14.5. The number of carbonyl (C=O) groups excluding carboxylic acids is 2. The van der Waals surface area contributed by atoms with Crippen molar-refractivity contribution in [2.45, 2.75) is 46.7 Å². The molecule has 1 atom stereocenters. The van der Waals surface area contributed by atoms with Gasteiger partial charge >= 0.3 is 0 Å².